The number of hydrogen-bond acceptors (Lipinski definition) is 6. The van der Waals surface area contributed by atoms with Crippen LogP contribution in [0.5, 0.6) is 23.0 Å². The van der Waals surface area contributed by atoms with Crippen molar-refractivity contribution < 1.29 is 18.9 Å². The van der Waals surface area contributed by atoms with E-state index in [0.717, 1.165) is 28.6 Å². The number of ether oxygens (including phenoxy) is 4. The third kappa shape index (κ3) is 5.24. The van der Waals surface area contributed by atoms with Gasteiger partial charge in [-0.25, -0.2) is 0 Å². The predicted octanol–water partition coefficient (Wildman–Crippen LogP) is 5.24. The van der Waals surface area contributed by atoms with Crippen molar-refractivity contribution in [2.75, 3.05) is 26.3 Å². The Hall–Kier alpha value is -4.24. The largest absolute Gasteiger partial charge is 0.493 e. The molecule has 0 saturated heterocycles. The molecule has 0 fully saturated rings. The van der Waals surface area contributed by atoms with Crippen molar-refractivity contribution in [3.63, 3.8) is 0 Å². The summed E-state index contributed by atoms with van der Waals surface area (Å²) in [5.74, 6) is 2.55. The molecular weight excluding hydrogens is 502 g/mol. The number of aromatic nitrogens is 1. The highest BCUT2D eigenvalue weighted by Gasteiger charge is 2.19. The Balaban J connectivity index is 1.49. The number of hydrogen-bond donors (Lipinski definition) is 2. The monoisotopic (exact) mass is 531 g/mol. The second kappa shape index (κ2) is 11.0. The molecule has 0 bridgehead atoms. The fourth-order valence-electron chi connectivity index (χ4n) is 4.51. The molecule has 1 aliphatic rings. The van der Waals surface area contributed by atoms with Gasteiger partial charge >= 0.3 is 0 Å². The third-order valence-corrected chi connectivity index (χ3v) is 6.88. The lowest BCUT2D eigenvalue weighted by Gasteiger charge is -2.27. The van der Waals surface area contributed by atoms with E-state index in [1.165, 1.54) is 0 Å². The first-order chi connectivity index (χ1) is 18.5. The Labute approximate surface area is 226 Å². The first kappa shape index (κ1) is 25.4. The van der Waals surface area contributed by atoms with E-state index >= 15 is 0 Å². The molecule has 2 heterocycles. The van der Waals surface area contributed by atoms with E-state index in [0.29, 0.717) is 45.7 Å². The number of rotatable bonds is 8. The maximum Gasteiger partial charge on any atom is 0.253 e. The van der Waals surface area contributed by atoms with Gasteiger partial charge in [0.05, 0.1) is 26.3 Å². The summed E-state index contributed by atoms with van der Waals surface area (Å²) >= 11 is 5.88. The molecule has 4 aromatic rings. The van der Waals surface area contributed by atoms with Crippen LogP contribution in [0, 0.1) is 0 Å². The van der Waals surface area contributed by atoms with E-state index in [-0.39, 0.29) is 18.9 Å². The highest BCUT2D eigenvalue weighted by Crippen LogP contribution is 2.33. The van der Waals surface area contributed by atoms with Gasteiger partial charge in [0, 0.05) is 29.2 Å². The molecule has 2 N–H and O–H groups in total. The summed E-state index contributed by atoms with van der Waals surface area (Å²) < 4.78 is 21.9. The van der Waals surface area contributed by atoms with Crippen molar-refractivity contribution in [1.82, 2.24) is 9.88 Å². The second-order valence-corrected chi connectivity index (χ2v) is 9.29. The molecule has 38 heavy (non-hydrogen) atoms. The molecule has 0 spiro atoms. The van der Waals surface area contributed by atoms with Gasteiger partial charge in [-0.15, -0.1) is 0 Å². The molecule has 0 aliphatic carbocycles. The Morgan fingerprint density at radius 2 is 1.74 bits per heavy atom. The van der Waals surface area contributed by atoms with Gasteiger partial charge in [0.15, 0.2) is 28.1 Å². The number of fused-ring (bicyclic) bond motifs is 2. The van der Waals surface area contributed by atoms with Crippen molar-refractivity contribution in [2.45, 2.75) is 26.4 Å². The van der Waals surface area contributed by atoms with Crippen molar-refractivity contribution in [3.8, 4) is 23.0 Å². The fourth-order valence-corrected chi connectivity index (χ4v) is 4.74. The van der Waals surface area contributed by atoms with Crippen LogP contribution in [0.1, 0.15) is 23.6 Å². The average molecular weight is 532 g/mol. The number of nitrogens with one attached hydrogen (secondary N) is 2. The number of benzene rings is 3. The molecular formula is C29H29N3O5S. The zero-order valence-electron chi connectivity index (χ0n) is 21.5. The van der Waals surface area contributed by atoms with Gasteiger partial charge in [-0.3, -0.25) is 4.79 Å². The molecule has 0 radical (unpaired) electrons. The molecule has 3 aromatic carbocycles. The number of pyridine rings is 1. The smallest absolute Gasteiger partial charge is 0.253 e. The van der Waals surface area contributed by atoms with E-state index in [2.05, 4.69) is 23.3 Å². The molecule has 196 valence electrons. The summed E-state index contributed by atoms with van der Waals surface area (Å²) in [7, 11) is 3.15. The maximum atomic E-state index is 13.2. The van der Waals surface area contributed by atoms with Crippen molar-refractivity contribution in [3.05, 3.63) is 87.7 Å². The average Bonchev–Trinajstić information content (AvgIpc) is 3.40. The maximum absolute atomic E-state index is 13.2. The number of thiocarbonyl (C=S) groups is 1. The molecule has 1 aliphatic heterocycles. The van der Waals surface area contributed by atoms with Crippen LogP contribution in [0.25, 0.3) is 10.9 Å². The van der Waals surface area contributed by atoms with Crippen LogP contribution in [-0.2, 0) is 19.5 Å². The highest BCUT2D eigenvalue weighted by atomic mass is 32.1. The Morgan fingerprint density at radius 1 is 0.974 bits per heavy atom. The van der Waals surface area contributed by atoms with E-state index in [4.69, 9.17) is 31.2 Å². The first-order valence-electron chi connectivity index (χ1n) is 12.3. The number of para-hydroxylation sites is 1. The zero-order valence-corrected chi connectivity index (χ0v) is 22.3. The third-order valence-electron chi connectivity index (χ3n) is 6.52. The minimum Gasteiger partial charge on any atom is -0.493 e. The van der Waals surface area contributed by atoms with Crippen molar-refractivity contribution >= 4 is 33.9 Å². The quantitative estimate of drug-likeness (QED) is 0.299. The molecule has 9 heteroatoms. The van der Waals surface area contributed by atoms with E-state index in [1.807, 2.05) is 53.4 Å². The molecule has 0 amide bonds. The minimum atomic E-state index is -0.197. The van der Waals surface area contributed by atoms with Crippen LogP contribution in [0.3, 0.4) is 0 Å². The topological polar surface area (TPSA) is 85.1 Å². The predicted molar refractivity (Wildman–Crippen MR) is 152 cm³/mol. The lowest BCUT2D eigenvalue weighted by molar-refractivity contribution is 0.174. The van der Waals surface area contributed by atoms with Gasteiger partial charge in [-0.05, 0) is 60.1 Å². The van der Waals surface area contributed by atoms with Crippen molar-refractivity contribution in [2.24, 2.45) is 0 Å². The summed E-state index contributed by atoms with van der Waals surface area (Å²) in [4.78, 5) is 18.1. The minimum absolute atomic E-state index is 0.197. The van der Waals surface area contributed by atoms with E-state index < -0.39 is 0 Å². The van der Waals surface area contributed by atoms with Crippen LogP contribution >= 0.6 is 12.2 Å². The van der Waals surface area contributed by atoms with Crippen LogP contribution in [0.2, 0.25) is 0 Å². The van der Waals surface area contributed by atoms with Gasteiger partial charge < -0.3 is 34.1 Å². The summed E-state index contributed by atoms with van der Waals surface area (Å²) in [6.07, 6.45) is 0.865. The Bertz CT molecular complexity index is 1550. The first-order valence-corrected chi connectivity index (χ1v) is 12.7. The summed E-state index contributed by atoms with van der Waals surface area (Å²) in [5.41, 5.74) is 4.11. The van der Waals surface area contributed by atoms with Gasteiger partial charge in [-0.2, -0.15) is 0 Å². The molecule has 0 atom stereocenters. The van der Waals surface area contributed by atoms with Crippen LogP contribution in [0.15, 0.2) is 65.5 Å². The van der Waals surface area contributed by atoms with Crippen LogP contribution in [-0.4, -0.2) is 36.0 Å². The lowest BCUT2D eigenvalue weighted by Crippen LogP contribution is -2.35. The highest BCUT2D eigenvalue weighted by molar-refractivity contribution is 7.80. The van der Waals surface area contributed by atoms with Gasteiger partial charge in [0.2, 0.25) is 6.79 Å². The summed E-state index contributed by atoms with van der Waals surface area (Å²) in [5, 5.41) is 4.74. The van der Waals surface area contributed by atoms with Crippen molar-refractivity contribution in [1.29, 1.82) is 0 Å². The SMILES string of the molecule is CCc1ccccc1NC(=S)N(Cc1ccc2c(c1)OCO2)Cc1cc2cc(OC)c(OC)cc2[nH]c1=O. The van der Waals surface area contributed by atoms with E-state index in [1.54, 1.807) is 20.3 Å². The van der Waals surface area contributed by atoms with E-state index in [9.17, 15) is 4.79 Å². The van der Waals surface area contributed by atoms with Gasteiger partial charge in [0.25, 0.3) is 5.56 Å². The Morgan fingerprint density at radius 3 is 2.53 bits per heavy atom. The fraction of sp³-hybridized carbons (Fsp3) is 0.241. The lowest BCUT2D eigenvalue weighted by atomic mass is 10.1. The molecule has 1 aromatic heterocycles. The van der Waals surface area contributed by atoms with Gasteiger partial charge in [-0.1, -0.05) is 31.2 Å². The number of aromatic amines is 1. The number of nitrogens with zero attached hydrogens (tertiary/aromatic N) is 1. The van der Waals surface area contributed by atoms with Crippen LogP contribution < -0.4 is 29.8 Å². The number of methoxy groups -OCH3 is 2. The standard InChI is InChI=1S/C29H29N3O5S/c1-4-19-7-5-6-8-22(19)31-29(38)32(15-18-9-10-24-27(11-18)37-17-36-24)16-21-12-20-13-25(34-2)26(35-3)14-23(20)30-28(21)33/h5-14H,4,15-17H2,1-3H3,(H,30,33)(H,31,38). The molecule has 8 nitrogen and oxygen atoms in total. The summed E-state index contributed by atoms with van der Waals surface area (Å²) in [6.45, 7) is 3.05. The molecule has 0 saturated carbocycles. The Kier molecular flexibility index (Phi) is 7.37. The number of aryl methyl sites for hydroxylation is 1. The van der Waals surface area contributed by atoms with Gasteiger partial charge in [0.1, 0.15) is 0 Å². The number of H-pyrrole nitrogens is 1. The normalized spacial score (nSPS) is 11.9. The molecule has 0 unspecified atom stereocenters. The number of anilines is 1. The zero-order chi connectivity index (χ0) is 26.6. The van der Waals surface area contributed by atoms with Crippen LogP contribution in [0.4, 0.5) is 5.69 Å². The summed E-state index contributed by atoms with van der Waals surface area (Å²) in [6, 6.07) is 19.4. The second-order valence-electron chi connectivity index (χ2n) is 8.90. The molecule has 5 rings (SSSR count).